The van der Waals surface area contributed by atoms with Gasteiger partial charge in [-0.05, 0) is 17.8 Å². The number of hydrogen-bond acceptors (Lipinski definition) is 6. The predicted molar refractivity (Wildman–Crippen MR) is 105 cm³/mol. The van der Waals surface area contributed by atoms with Gasteiger partial charge in [-0.25, -0.2) is 0 Å². The molecule has 1 aromatic heterocycles. The summed E-state index contributed by atoms with van der Waals surface area (Å²) in [7, 11) is 0. The lowest BCUT2D eigenvalue weighted by Gasteiger charge is -2.32. The summed E-state index contributed by atoms with van der Waals surface area (Å²) in [4.78, 5) is 41.4. The van der Waals surface area contributed by atoms with Crippen molar-refractivity contribution in [1.82, 2.24) is 20.9 Å². The van der Waals surface area contributed by atoms with Gasteiger partial charge in [0.05, 0.1) is 16.5 Å². The molecule has 1 aromatic rings. The first-order chi connectivity index (χ1) is 14.3. The monoisotopic (exact) mass is 459 g/mol. The highest BCUT2D eigenvalue weighted by atomic mass is 32.1. The van der Waals surface area contributed by atoms with Gasteiger partial charge in [-0.2, -0.15) is 18.4 Å². The number of rotatable bonds is 8. The van der Waals surface area contributed by atoms with Crippen LogP contribution in [0.4, 0.5) is 13.2 Å². The van der Waals surface area contributed by atoms with Gasteiger partial charge in [0.15, 0.2) is 6.04 Å². The largest absolute Gasteiger partial charge is 0.471 e. The fraction of sp³-hybridized carbons (Fsp3) is 0.632. The van der Waals surface area contributed by atoms with E-state index in [-0.39, 0.29) is 12.3 Å². The molecule has 0 bridgehead atoms. The maximum Gasteiger partial charge on any atom is 0.471 e. The summed E-state index contributed by atoms with van der Waals surface area (Å²) in [5.41, 5.74) is 0.454. The molecule has 3 unspecified atom stereocenters. The van der Waals surface area contributed by atoms with Crippen LogP contribution in [0.3, 0.4) is 0 Å². The van der Waals surface area contributed by atoms with E-state index in [2.05, 4.69) is 15.6 Å². The lowest BCUT2D eigenvalue weighted by atomic mass is 9.85. The van der Waals surface area contributed by atoms with Crippen molar-refractivity contribution < 1.29 is 27.6 Å². The number of halogens is 3. The molecule has 31 heavy (non-hydrogen) atoms. The van der Waals surface area contributed by atoms with Crippen molar-refractivity contribution in [3.63, 3.8) is 0 Å². The summed E-state index contributed by atoms with van der Waals surface area (Å²) < 4.78 is 38.1. The summed E-state index contributed by atoms with van der Waals surface area (Å²) in [6.45, 7) is 4.50. The molecule has 0 saturated heterocycles. The molecule has 1 heterocycles. The van der Waals surface area contributed by atoms with E-state index >= 15 is 0 Å². The second-order valence-electron chi connectivity index (χ2n) is 8.49. The van der Waals surface area contributed by atoms with Crippen LogP contribution in [0.5, 0.6) is 0 Å². The number of alkyl halides is 3. The van der Waals surface area contributed by atoms with Crippen LogP contribution in [-0.4, -0.2) is 41.0 Å². The number of nitriles is 1. The van der Waals surface area contributed by atoms with Gasteiger partial charge >= 0.3 is 12.1 Å². The third-order valence-electron chi connectivity index (χ3n) is 4.71. The van der Waals surface area contributed by atoms with Gasteiger partial charge in [-0.15, -0.1) is 11.3 Å². The SMILES string of the molecule is CC(C)(C)C(NC(=O)C(F)(F)F)C(=O)NC(CC1CC1)C(=O)NC(C#N)c1cncs1. The Morgan fingerprint density at radius 2 is 1.84 bits per heavy atom. The average Bonchev–Trinajstić information content (AvgIpc) is 3.30. The highest BCUT2D eigenvalue weighted by Crippen LogP contribution is 2.34. The second kappa shape index (κ2) is 9.64. The van der Waals surface area contributed by atoms with E-state index < -0.39 is 47.4 Å². The Morgan fingerprint density at radius 3 is 2.29 bits per heavy atom. The van der Waals surface area contributed by atoms with Gasteiger partial charge in [0.1, 0.15) is 12.1 Å². The number of amides is 3. The fourth-order valence-corrected chi connectivity index (χ4v) is 3.45. The Labute approximate surface area is 181 Å². The van der Waals surface area contributed by atoms with E-state index in [0.717, 1.165) is 12.8 Å². The van der Waals surface area contributed by atoms with Gasteiger partial charge in [0, 0.05) is 6.20 Å². The summed E-state index contributed by atoms with van der Waals surface area (Å²) in [5.74, 6) is -3.58. The molecule has 12 heteroatoms. The maximum atomic E-state index is 12.8. The number of hydrogen-bond donors (Lipinski definition) is 3. The first-order valence-corrected chi connectivity index (χ1v) is 10.5. The molecule has 1 saturated carbocycles. The van der Waals surface area contributed by atoms with E-state index in [1.165, 1.54) is 43.8 Å². The van der Waals surface area contributed by atoms with E-state index in [0.29, 0.717) is 4.88 Å². The molecule has 3 N–H and O–H groups in total. The van der Waals surface area contributed by atoms with Crippen LogP contribution in [0, 0.1) is 22.7 Å². The van der Waals surface area contributed by atoms with Crippen LogP contribution < -0.4 is 16.0 Å². The Morgan fingerprint density at radius 1 is 1.19 bits per heavy atom. The molecule has 1 aliphatic rings. The van der Waals surface area contributed by atoms with Crippen molar-refractivity contribution in [3.8, 4) is 6.07 Å². The highest BCUT2D eigenvalue weighted by Gasteiger charge is 2.44. The lowest BCUT2D eigenvalue weighted by Crippen LogP contribution is -2.59. The number of carbonyl (C=O) groups is 3. The van der Waals surface area contributed by atoms with Crippen LogP contribution in [-0.2, 0) is 14.4 Å². The van der Waals surface area contributed by atoms with Crippen molar-refractivity contribution in [3.05, 3.63) is 16.6 Å². The minimum atomic E-state index is -5.15. The fourth-order valence-electron chi connectivity index (χ4n) is 2.84. The maximum absolute atomic E-state index is 12.8. The van der Waals surface area contributed by atoms with E-state index in [9.17, 15) is 32.8 Å². The molecular weight excluding hydrogens is 435 g/mol. The molecule has 3 amide bonds. The van der Waals surface area contributed by atoms with E-state index in [4.69, 9.17) is 0 Å². The van der Waals surface area contributed by atoms with Crippen LogP contribution in [0.1, 0.15) is 51.0 Å². The number of aromatic nitrogens is 1. The van der Waals surface area contributed by atoms with Crippen molar-refractivity contribution in [2.24, 2.45) is 11.3 Å². The van der Waals surface area contributed by atoms with Gasteiger partial charge in [-0.3, -0.25) is 19.4 Å². The number of nitrogens with zero attached hydrogens (tertiary/aromatic N) is 2. The molecule has 170 valence electrons. The molecule has 1 fully saturated rings. The third-order valence-corrected chi connectivity index (χ3v) is 5.55. The predicted octanol–water partition coefficient (Wildman–Crippen LogP) is 2.20. The Hall–Kier alpha value is -2.68. The molecule has 3 atom stereocenters. The minimum absolute atomic E-state index is 0.192. The Bertz CT molecular complexity index is 841. The molecule has 0 spiro atoms. The number of thiazole rings is 1. The van der Waals surface area contributed by atoms with Gasteiger partial charge in [-0.1, -0.05) is 33.6 Å². The second-order valence-corrected chi connectivity index (χ2v) is 9.40. The van der Waals surface area contributed by atoms with Gasteiger partial charge in [0.25, 0.3) is 0 Å². The summed E-state index contributed by atoms with van der Waals surface area (Å²) >= 11 is 1.18. The van der Waals surface area contributed by atoms with Crippen LogP contribution in [0.25, 0.3) is 0 Å². The number of nitrogens with one attached hydrogen (secondary N) is 3. The molecule has 2 rings (SSSR count). The normalized spacial score (nSPS) is 17.1. The molecule has 0 aromatic carbocycles. The van der Waals surface area contributed by atoms with Crippen LogP contribution >= 0.6 is 11.3 Å². The van der Waals surface area contributed by atoms with Crippen molar-refractivity contribution >= 4 is 29.1 Å². The average molecular weight is 459 g/mol. The van der Waals surface area contributed by atoms with E-state index in [1.807, 2.05) is 6.07 Å². The third kappa shape index (κ3) is 7.20. The zero-order valence-corrected chi connectivity index (χ0v) is 18.1. The lowest BCUT2D eigenvalue weighted by molar-refractivity contribution is -0.175. The van der Waals surface area contributed by atoms with Crippen LogP contribution in [0.15, 0.2) is 11.7 Å². The van der Waals surface area contributed by atoms with Gasteiger partial charge < -0.3 is 16.0 Å². The quantitative estimate of drug-likeness (QED) is 0.550. The van der Waals surface area contributed by atoms with E-state index in [1.54, 1.807) is 5.32 Å². The Kier molecular flexibility index (Phi) is 7.64. The summed E-state index contributed by atoms with van der Waals surface area (Å²) in [6.07, 6.45) is -1.70. The molecule has 0 radical (unpaired) electrons. The van der Waals surface area contributed by atoms with Crippen molar-refractivity contribution in [2.45, 2.75) is 64.3 Å². The molecule has 0 aliphatic heterocycles. The highest BCUT2D eigenvalue weighted by molar-refractivity contribution is 7.09. The minimum Gasteiger partial charge on any atom is -0.342 e. The van der Waals surface area contributed by atoms with Gasteiger partial charge in [0.2, 0.25) is 11.8 Å². The first-order valence-electron chi connectivity index (χ1n) is 9.59. The zero-order chi connectivity index (χ0) is 23.4. The Balaban J connectivity index is 2.15. The topological polar surface area (TPSA) is 124 Å². The van der Waals surface area contributed by atoms with Crippen LogP contribution in [0.2, 0.25) is 0 Å². The van der Waals surface area contributed by atoms with Crippen molar-refractivity contribution in [1.29, 1.82) is 5.26 Å². The van der Waals surface area contributed by atoms with Crippen molar-refractivity contribution in [2.75, 3.05) is 0 Å². The first kappa shape index (κ1) is 24.6. The summed E-state index contributed by atoms with van der Waals surface area (Å²) in [6, 6.07) is -1.61. The molecule has 8 nitrogen and oxygen atoms in total. The smallest absolute Gasteiger partial charge is 0.342 e. The molecule has 1 aliphatic carbocycles. The standard InChI is InChI=1S/C19H24F3N5O3S/c1-18(2,3)14(27-17(30)19(20,21)22)16(29)25-11(6-10-4-5-10)15(28)26-12(7-23)13-8-24-9-31-13/h8-12,14H,4-6H2,1-3H3,(H,25,29)(H,26,28)(H,27,30). The molecular formula is C19H24F3N5O3S. The summed E-state index contributed by atoms with van der Waals surface area (Å²) in [5, 5.41) is 16.1. The zero-order valence-electron chi connectivity index (χ0n) is 17.2. The number of carbonyl (C=O) groups excluding carboxylic acids is 3.